The number of nitrogens with one attached hydrogen (secondary N) is 1. The molecule has 2 amide bonds. The van der Waals surface area contributed by atoms with Crippen LogP contribution in [-0.2, 0) is 39.0 Å². The minimum atomic E-state index is -3.84. The maximum atomic E-state index is 14.0. The van der Waals surface area contributed by atoms with Crippen LogP contribution in [0.2, 0.25) is 0 Å². The zero-order chi connectivity index (χ0) is 29.3. The molecule has 0 aliphatic rings. The van der Waals surface area contributed by atoms with Crippen molar-refractivity contribution in [2.45, 2.75) is 58.7 Å². The van der Waals surface area contributed by atoms with Gasteiger partial charge in [0, 0.05) is 19.0 Å². The molecule has 0 heterocycles. The molecule has 2 atom stereocenters. The fourth-order valence-electron chi connectivity index (χ4n) is 4.29. The number of hydrogen-bond acceptors (Lipinski definition) is 4. The van der Waals surface area contributed by atoms with Crippen molar-refractivity contribution in [2.75, 3.05) is 17.1 Å². The van der Waals surface area contributed by atoms with Gasteiger partial charge in [-0.05, 0) is 60.7 Å². The summed E-state index contributed by atoms with van der Waals surface area (Å²) in [6.45, 7) is 5.34. The van der Waals surface area contributed by atoms with E-state index in [4.69, 9.17) is 0 Å². The SMILES string of the molecule is CCc1ccc(N(CC(=O)N(Cc2ccc(F)cc2)[C@@H](Cc2ccccc2)C(=O)N[C@H](C)CC)S(C)(=O)=O)cc1. The van der Waals surface area contributed by atoms with E-state index in [1.54, 1.807) is 24.3 Å². The molecule has 3 aromatic rings. The summed E-state index contributed by atoms with van der Waals surface area (Å²) in [5.74, 6) is -1.31. The Kier molecular flexibility index (Phi) is 10.8. The number of aryl methyl sites for hydroxylation is 1. The molecule has 214 valence electrons. The number of sulfonamides is 1. The molecular formula is C31H38FN3O4S. The summed E-state index contributed by atoms with van der Waals surface area (Å²) >= 11 is 0. The lowest BCUT2D eigenvalue weighted by Gasteiger charge is -2.34. The van der Waals surface area contributed by atoms with Crippen LogP contribution in [0.3, 0.4) is 0 Å². The number of amides is 2. The molecule has 7 nitrogen and oxygen atoms in total. The highest BCUT2D eigenvalue weighted by Crippen LogP contribution is 2.21. The largest absolute Gasteiger partial charge is 0.352 e. The third-order valence-electron chi connectivity index (χ3n) is 6.85. The molecule has 3 aromatic carbocycles. The van der Waals surface area contributed by atoms with E-state index in [9.17, 15) is 22.4 Å². The van der Waals surface area contributed by atoms with E-state index in [2.05, 4.69) is 5.32 Å². The molecule has 0 aromatic heterocycles. The molecule has 40 heavy (non-hydrogen) atoms. The number of benzene rings is 3. The van der Waals surface area contributed by atoms with Crippen molar-refractivity contribution in [1.82, 2.24) is 10.2 Å². The zero-order valence-electron chi connectivity index (χ0n) is 23.5. The third-order valence-corrected chi connectivity index (χ3v) is 7.99. The van der Waals surface area contributed by atoms with Crippen molar-refractivity contribution in [2.24, 2.45) is 0 Å². The van der Waals surface area contributed by atoms with Crippen LogP contribution in [0.4, 0.5) is 10.1 Å². The van der Waals surface area contributed by atoms with Gasteiger partial charge in [0.1, 0.15) is 18.4 Å². The van der Waals surface area contributed by atoms with Crippen LogP contribution in [0.15, 0.2) is 78.9 Å². The van der Waals surface area contributed by atoms with Gasteiger partial charge in [0.2, 0.25) is 21.8 Å². The molecule has 1 N–H and O–H groups in total. The van der Waals surface area contributed by atoms with Gasteiger partial charge >= 0.3 is 0 Å². The van der Waals surface area contributed by atoms with Gasteiger partial charge in [-0.25, -0.2) is 12.8 Å². The molecule has 0 fully saturated rings. The Morgan fingerprint density at radius 2 is 1.48 bits per heavy atom. The number of hydrogen-bond donors (Lipinski definition) is 1. The number of carbonyl (C=O) groups excluding carboxylic acids is 2. The highest BCUT2D eigenvalue weighted by Gasteiger charge is 2.33. The van der Waals surface area contributed by atoms with E-state index >= 15 is 0 Å². The summed E-state index contributed by atoms with van der Waals surface area (Å²) in [7, 11) is -3.84. The smallest absolute Gasteiger partial charge is 0.244 e. The molecule has 0 unspecified atom stereocenters. The maximum absolute atomic E-state index is 14.0. The normalized spacial score (nSPS) is 12.8. The predicted molar refractivity (Wildman–Crippen MR) is 157 cm³/mol. The highest BCUT2D eigenvalue weighted by atomic mass is 32.2. The van der Waals surface area contributed by atoms with Gasteiger partial charge < -0.3 is 10.2 Å². The second kappa shape index (κ2) is 14.1. The molecule has 0 radical (unpaired) electrons. The van der Waals surface area contributed by atoms with E-state index in [0.29, 0.717) is 17.7 Å². The van der Waals surface area contributed by atoms with Gasteiger partial charge in [0.25, 0.3) is 0 Å². The number of halogens is 1. The standard InChI is InChI=1S/C31H38FN3O4S/c1-5-23(3)33-31(37)29(20-25-10-8-7-9-11-25)34(21-26-12-16-27(32)17-13-26)30(36)22-35(40(4,38)39)28-18-14-24(6-2)15-19-28/h7-19,23,29H,5-6,20-22H2,1-4H3,(H,33,37)/t23-,29+/m1/s1. The van der Waals surface area contributed by atoms with Gasteiger partial charge in [-0.15, -0.1) is 0 Å². The number of anilines is 1. The monoisotopic (exact) mass is 567 g/mol. The van der Waals surface area contributed by atoms with Crippen molar-refractivity contribution >= 4 is 27.5 Å². The summed E-state index contributed by atoms with van der Waals surface area (Å²) in [5.41, 5.74) is 2.85. The van der Waals surface area contributed by atoms with Crippen molar-refractivity contribution < 1.29 is 22.4 Å². The van der Waals surface area contributed by atoms with Crippen LogP contribution in [0.1, 0.15) is 43.9 Å². The minimum Gasteiger partial charge on any atom is -0.352 e. The van der Waals surface area contributed by atoms with Crippen LogP contribution in [0.5, 0.6) is 0 Å². The number of nitrogens with zero attached hydrogens (tertiary/aromatic N) is 2. The topological polar surface area (TPSA) is 86.8 Å². The maximum Gasteiger partial charge on any atom is 0.244 e. The first-order valence-electron chi connectivity index (χ1n) is 13.5. The van der Waals surface area contributed by atoms with Crippen LogP contribution < -0.4 is 9.62 Å². The first-order chi connectivity index (χ1) is 19.0. The molecule has 0 spiro atoms. The van der Waals surface area contributed by atoms with Gasteiger partial charge in [-0.1, -0.05) is 68.4 Å². The Bertz CT molecular complexity index is 1360. The van der Waals surface area contributed by atoms with Crippen molar-refractivity contribution in [3.63, 3.8) is 0 Å². The number of carbonyl (C=O) groups is 2. The van der Waals surface area contributed by atoms with E-state index in [-0.39, 0.29) is 24.9 Å². The van der Waals surface area contributed by atoms with Gasteiger partial charge in [0.15, 0.2) is 0 Å². The Labute approximate surface area is 237 Å². The van der Waals surface area contributed by atoms with Crippen molar-refractivity contribution in [3.05, 3.63) is 101 Å². The summed E-state index contributed by atoms with van der Waals surface area (Å²) < 4.78 is 40.4. The third kappa shape index (κ3) is 8.64. The van der Waals surface area contributed by atoms with E-state index in [1.807, 2.05) is 63.2 Å². The van der Waals surface area contributed by atoms with Gasteiger partial charge in [-0.3, -0.25) is 13.9 Å². The van der Waals surface area contributed by atoms with E-state index in [1.165, 1.54) is 17.0 Å². The lowest BCUT2D eigenvalue weighted by Crippen LogP contribution is -2.54. The minimum absolute atomic E-state index is 0.00306. The first kappa shape index (κ1) is 30.8. The Hall–Kier alpha value is -3.72. The van der Waals surface area contributed by atoms with Gasteiger partial charge in [-0.2, -0.15) is 0 Å². The fraction of sp³-hybridized carbons (Fsp3) is 0.355. The summed E-state index contributed by atoms with van der Waals surface area (Å²) in [6.07, 6.45) is 2.76. The molecule has 9 heteroatoms. The van der Waals surface area contributed by atoms with Gasteiger partial charge in [0.05, 0.1) is 11.9 Å². The van der Waals surface area contributed by atoms with E-state index in [0.717, 1.165) is 28.1 Å². The summed E-state index contributed by atoms with van der Waals surface area (Å²) in [6, 6.07) is 21.0. The zero-order valence-corrected chi connectivity index (χ0v) is 24.3. The number of rotatable bonds is 13. The molecule has 0 aliphatic heterocycles. The fourth-order valence-corrected chi connectivity index (χ4v) is 5.14. The van der Waals surface area contributed by atoms with Crippen LogP contribution in [0.25, 0.3) is 0 Å². The lowest BCUT2D eigenvalue weighted by atomic mass is 10.0. The Morgan fingerprint density at radius 1 is 0.875 bits per heavy atom. The second-order valence-corrected chi connectivity index (χ2v) is 11.9. The highest BCUT2D eigenvalue weighted by molar-refractivity contribution is 7.92. The van der Waals surface area contributed by atoms with E-state index < -0.39 is 34.3 Å². The molecule has 0 bridgehead atoms. The predicted octanol–water partition coefficient (Wildman–Crippen LogP) is 4.71. The Balaban J connectivity index is 2.04. The molecule has 0 aliphatic carbocycles. The van der Waals surface area contributed by atoms with Crippen LogP contribution in [0, 0.1) is 5.82 Å². The lowest BCUT2D eigenvalue weighted by molar-refractivity contribution is -0.140. The van der Waals surface area contributed by atoms with Crippen molar-refractivity contribution in [3.8, 4) is 0 Å². The molecule has 3 rings (SSSR count). The van der Waals surface area contributed by atoms with Crippen LogP contribution in [-0.4, -0.2) is 50.0 Å². The first-order valence-corrected chi connectivity index (χ1v) is 15.3. The van der Waals surface area contributed by atoms with Crippen molar-refractivity contribution in [1.29, 1.82) is 0 Å². The summed E-state index contributed by atoms with van der Waals surface area (Å²) in [4.78, 5) is 29.1. The molecular weight excluding hydrogens is 529 g/mol. The molecule has 0 saturated heterocycles. The Morgan fingerprint density at radius 3 is 2.02 bits per heavy atom. The van der Waals surface area contributed by atoms with Crippen LogP contribution >= 0.6 is 0 Å². The molecule has 0 saturated carbocycles. The average molecular weight is 568 g/mol. The second-order valence-electron chi connectivity index (χ2n) is 9.96. The summed E-state index contributed by atoms with van der Waals surface area (Å²) in [5, 5.41) is 2.98. The average Bonchev–Trinajstić information content (AvgIpc) is 2.94. The quantitative estimate of drug-likeness (QED) is 0.324.